The number of aromatic nitrogens is 2. The van der Waals surface area contributed by atoms with E-state index in [1.165, 1.54) is 24.1 Å². The fraction of sp³-hybridized carbons (Fsp3) is 0.432. The zero-order valence-electron chi connectivity index (χ0n) is 29.8. The van der Waals surface area contributed by atoms with E-state index in [1.54, 1.807) is 45.4 Å². The summed E-state index contributed by atoms with van der Waals surface area (Å²) in [6, 6.07) is 10.8. The van der Waals surface area contributed by atoms with Gasteiger partial charge in [-0.25, -0.2) is 14.4 Å². The number of rotatable bonds is 9. The van der Waals surface area contributed by atoms with Crippen LogP contribution in [0.15, 0.2) is 66.0 Å². The minimum Gasteiger partial charge on any atom is -0.465 e. The van der Waals surface area contributed by atoms with Gasteiger partial charge >= 0.3 is 18.2 Å². The van der Waals surface area contributed by atoms with Gasteiger partial charge in [-0.05, 0) is 68.7 Å². The predicted molar refractivity (Wildman–Crippen MR) is 190 cm³/mol. The molecule has 1 saturated carbocycles. The molecule has 2 aliphatic rings. The first-order valence-electron chi connectivity index (χ1n) is 16.6. The van der Waals surface area contributed by atoms with Crippen LogP contribution in [0.25, 0.3) is 11.3 Å². The van der Waals surface area contributed by atoms with Crippen LogP contribution in [0.3, 0.4) is 0 Å². The Morgan fingerprint density at radius 2 is 1.78 bits per heavy atom. The molecule has 5 rings (SSSR count). The molecule has 14 heteroatoms. The Labute approximate surface area is 302 Å². The number of methoxy groups -OCH3 is 1. The second-order valence-corrected chi connectivity index (χ2v) is 15.2. The molecule has 1 saturated heterocycles. The predicted octanol–water partition coefficient (Wildman–Crippen LogP) is 6.57. The van der Waals surface area contributed by atoms with E-state index in [1.807, 2.05) is 45.0 Å². The summed E-state index contributed by atoms with van der Waals surface area (Å²) in [5, 5.41) is 6.22. The molecule has 0 unspecified atom stereocenters. The summed E-state index contributed by atoms with van der Waals surface area (Å²) in [5.74, 6) is -1.30. The SMILES string of the molecule is COC(=O)c1cc([C@@H](COC(=O)NC2CC2)N2C(=O)[C@@](CC(C)(C)C)(c3ccc(-c4cnccn4)cc3)N/C2=N/C(=O)OC(C)(C)C)ccc1Cl. The Hall–Kier alpha value is -5.04. The van der Waals surface area contributed by atoms with Gasteiger partial charge in [0.15, 0.2) is 0 Å². The maximum Gasteiger partial charge on any atom is 0.437 e. The van der Waals surface area contributed by atoms with E-state index in [-0.39, 0.29) is 35.6 Å². The standard InChI is InChI=1S/C37H43ClN6O7/c1-35(2,3)21-37(24-11-8-22(9-12-24)28-19-39-16-17-40-28)31(46)44(32(43-37)42-34(48)51-36(4,5)6)29(20-50-33(47)41-25-13-14-25)23-10-15-27(38)26(18-23)30(45)49-7/h8-12,15-19,25,29H,13-14,20-21H2,1-7H3,(H,41,47)(H,42,43,48)/t29-,37-/m1/s1. The van der Waals surface area contributed by atoms with Crippen molar-refractivity contribution in [3.8, 4) is 11.3 Å². The summed E-state index contributed by atoms with van der Waals surface area (Å²) in [6.07, 6.45) is 5.15. The highest BCUT2D eigenvalue weighted by Crippen LogP contribution is 2.43. The molecular weight excluding hydrogens is 676 g/mol. The second-order valence-electron chi connectivity index (χ2n) is 14.8. The number of hydrogen-bond donors (Lipinski definition) is 2. The first-order chi connectivity index (χ1) is 24.0. The van der Waals surface area contributed by atoms with Crippen molar-refractivity contribution in [3.63, 3.8) is 0 Å². The third-order valence-electron chi connectivity index (χ3n) is 8.12. The Bertz CT molecular complexity index is 1820. The maximum absolute atomic E-state index is 15.3. The van der Waals surface area contributed by atoms with Crippen LogP contribution in [-0.4, -0.2) is 70.2 Å². The Balaban J connectivity index is 1.67. The van der Waals surface area contributed by atoms with Crippen molar-refractivity contribution >= 4 is 41.6 Å². The van der Waals surface area contributed by atoms with E-state index in [2.05, 4.69) is 25.6 Å². The molecule has 2 fully saturated rings. The smallest absolute Gasteiger partial charge is 0.437 e. The van der Waals surface area contributed by atoms with E-state index < -0.39 is 46.7 Å². The van der Waals surface area contributed by atoms with Crippen molar-refractivity contribution in [2.24, 2.45) is 10.4 Å². The molecule has 0 spiro atoms. The minimum absolute atomic E-state index is 0.0149. The van der Waals surface area contributed by atoms with Gasteiger partial charge in [-0.15, -0.1) is 4.99 Å². The summed E-state index contributed by atoms with van der Waals surface area (Å²) in [4.78, 5) is 68.3. The number of carbonyl (C=O) groups is 4. The van der Waals surface area contributed by atoms with E-state index in [4.69, 9.17) is 25.8 Å². The van der Waals surface area contributed by atoms with Crippen molar-refractivity contribution in [2.75, 3.05) is 13.7 Å². The monoisotopic (exact) mass is 718 g/mol. The summed E-state index contributed by atoms with van der Waals surface area (Å²) < 4.78 is 16.2. The number of amides is 3. The molecular formula is C37H43ClN6O7. The number of halogens is 1. The van der Waals surface area contributed by atoms with Crippen LogP contribution in [0.5, 0.6) is 0 Å². The van der Waals surface area contributed by atoms with Gasteiger partial charge in [-0.2, -0.15) is 0 Å². The van der Waals surface area contributed by atoms with Gasteiger partial charge in [0.25, 0.3) is 5.91 Å². The fourth-order valence-corrected chi connectivity index (χ4v) is 6.06. The number of ether oxygens (including phenoxy) is 3. The number of aliphatic imine (C=N–C) groups is 1. The molecule has 1 aliphatic heterocycles. The number of nitrogens with zero attached hydrogens (tertiary/aromatic N) is 4. The van der Waals surface area contributed by atoms with Crippen LogP contribution in [0.1, 0.15) is 88.3 Å². The molecule has 51 heavy (non-hydrogen) atoms. The topological polar surface area (TPSA) is 161 Å². The van der Waals surface area contributed by atoms with Crippen molar-refractivity contribution < 1.29 is 33.4 Å². The summed E-state index contributed by atoms with van der Waals surface area (Å²) in [5.41, 5.74) is -0.342. The molecule has 2 aromatic carbocycles. The van der Waals surface area contributed by atoms with Crippen LogP contribution in [0, 0.1) is 5.41 Å². The number of esters is 1. The van der Waals surface area contributed by atoms with Gasteiger partial charge in [0.05, 0.1) is 35.6 Å². The van der Waals surface area contributed by atoms with Crippen LogP contribution in [0.4, 0.5) is 9.59 Å². The molecule has 0 bridgehead atoms. The highest BCUT2D eigenvalue weighted by atomic mass is 35.5. The van der Waals surface area contributed by atoms with Crippen molar-refractivity contribution in [3.05, 3.63) is 82.8 Å². The first-order valence-corrected chi connectivity index (χ1v) is 17.0. The average molecular weight is 719 g/mol. The number of alkyl carbamates (subject to hydrolysis) is 1. The lowest BCUT2D eigenvalue weighted by atomic mass is 9.75. The third kappa shape index (κ3) is 9.01. The quantitative estimate of drug-likeness (QED) is 0.183. The number of hydrogen-bond acceptors (Lipinski definition) is 9. The largest absolute Gasteiger partial charge is 0.465 e. The minimum atomic E-state index is -1.45. The Morgan fingerprint density at radius 1 is 1.08 bits per heavy atom. The lowest BCUT2D eigenvalue weighted by Crippen LogP contribution is -2.47. The van der Waals surface area contributed by atoms with Crippen molar-refractivity contribution in [1.29, 1.82) is 0 Å². The molecule has 270 valence electrons. The molecule has 0 radical (unpaired) electrons. The second kappa shape index (κ2) is 14.7. The van der Waals surface area contributed by atoms with Gasteiger partial charge < -0.3 is 24.8 Å². The van der Waals surface area contributed by atoms with Crippen LogP contribution in [-0.2, 0) is 24.5 Å². The van der Waals surface area contributed by atoms with E-state index >= 15 is 4.79 Å². The van der Waals surface area contributed by atoms with Gasteiger partial charge in [0.1, 0.15) is 17.7 Å². The van der Waals surface area contributed by atoms with Gasteiger partial charge in [-0.1, -0.05) is 62.7 Å². The number of guanidine groups is 1. The van der Waals surface area contributed by atoms with Crippen LogP contribution in [0.2, 0.25) is 5.02 Å². The molecule has 13 nitrogen and oxygen atoms in total. The van der Waals surface area contributed by atoms with E-state index in [0.29, 0.717) is 16.8 Å². The highest BCUT2D eigenvalue weighted by Gasteiger charge is 2.55. The number of nitrogens with one attached hydrogen (secondary N) is 2. The molecule has 1 aliphatic carbocycles. The number of carbonyl (C=O) groups excluding carboxylic acids is 4. The van der Waals surface area contributed by atoms with Crippen molar-refractivity contribution in [2.45, 2.75) is 84.0 Å². The normalized spacial score (nSPS) is 18.9. The lowest BCUT2D eigenvalue weighted by molar-refractivity contribution is -0.134. The van der Waals surface area contributed by atoms with Gasteiger partial charge in [-0.3, -0.25) is 19.7 Å². The molecule has 3 amide bonds. The zero-order chi connectivity index (χ0) is 37.1. The van der Waals surface area contributed by atoms with Gasteiger partial charge in [0.2, 0.25) is 5.96 Å². The van der Waals surface area contributed by atoms with Gasteiger partial charge in [0, 0.05) is 24.0 Å². The first kappa shape index (κ1) is 37.2. The molecule has 2 N–H and O–H groups in total. The Morgan fingerprint density at radius 3 is 2.37 bits per heavy atom. The molecule has 2 atom stereocenters. The zero-order valence-corrected chi connectivity index (χ0v) is 30.5. The molecule has 1 aromatic heterocycles. The van der Waals surface area contributed by atoms with E-state index in [9.17, 15) is 14.4 Å². The average Bonchev–Trinajstić information content (AvgIpc) is 3.84. The third-order valence-corrected chi connectivity index (χ3v) is 8.45. The summed E-state index contributed by atoms with van der Waals surface area (Å²) in [6.45, 7) is 10.7. The van der Waals surface area contributed by atoms with Crippen LogP contribution >= 0.6 is 11.6 Å². The van der Waals surface area contributed by atoms with Crippen molar-refractivity contribution in [1.82, 2.24) is 25.5 Å². The fourth-order valence-electron chi connectivity index (χ4n) is 5.86. The maximum atomic E-state index is 15.3. The van der Waals surface area contributed by atoms with Crippen LogP contribution < -0.4 is 10.6 Å². The highest BCUT2D eigenvalue weighted by molar-refractivity contribution is 6.33. The summed E-state index contributed by atoms with van der Waals surface area (Å²) >= 11 is 6.39. The lowest BCUT2D eigenvalue weighted by Gasteiger charge is -2.35. The number of benzene rings is 2. The Kier molecular flexibility index (Phi) is 10.7. The molecule has 2 heterocycles. The van der Waals surface area contributed by atoms with E-state index in [0.717, 1.165) is 18.4 Å². The summed E-state index contributed by atoms with van der Waals surface area (Å²) in [7, 11) is 1.23. The molecule has 3 aromatic rings.